The van der Waals surface area contributed by atoms with E-state index in [9.17, 15) is 19.8 Å². The molecule has 4 rings (SSSR count). The number of aliphatic hydroxyl groups excluding tert-OH is 2. The molecule has 0 fully saturated rings. The predicted octanol–water partition coefficient (Wildman–Crippen LogP) is 17.5. The third-order valence-corrected chi connectivity index (χ3v) is 30.0. The van der Waals surface area contributed by atoms with Gasteiger partial charge >= 0.3 is 11.9 Å². The molecule has 0 saturated heterocycles. The molecular weight excluding hydrogens is 1110 g/mol. The second-order valence-corrected chi connectivity index (χ2v) is 42.5. The SMILES string of the molecule is C/C1=C/C[C@@H](/C(C)=C/c2csc(C)n2)OC(=O)C[C@@H](O)C(C)(C)S[C@H](C)[C@@H](O)[C@@H](C)/C=C\C1.C/C1=C/C[C@@H](/C(C)=C/c2csc(C)n2)OC(=O)C[C@@H](O[Si](C)(C)C(C)(C)C)C(C)(C)S[C@H](C)[C@@H](O[Si](C)(C)C(C)(C)C)[C@@H](C)/C=C\C1. The van der Waals surface area contributed by atoms with Crippen LogP contribution in [-0.2, 0) is 27.9 Å². The van der Waals surface area contributed by atoms with Crippen LogP contribution in [0.4, 0.5) is 0 Å². The Bertz CT molecular complexity index is 2510. The maximum atomic E-state index is 14.0. The highest BCUT2D eigenvalue weighted by molar-refractivity contribution is 8.01. The lowest BCUT2D eigenvalue weighted by atomic mass is 9.99. The van der Waals surface area contributed by atoms with Crippen LogP contribution in [-0.4, -0.2) is 105 Å². The lowest BCUT2D eigenvalue weighted by molar-refractivity contribution is -0.150. The number of ether oxygens (including phenoxy) is 2. The van der Waals surface area contributed by atoms with Gasteiger partial charge in [-0.3, -0.25) is 9.59 Å². The molecule has 0 radical (unpaired) electrons. The van der Waals surface area contributed by atoms with Crippen molar-refractivity contribution in [2.24, 2.45) is 11.8 Å². The number of nitrogens with zero attached hydrogens (tertiary/aromatic N) is 2. The first-order chi connectivity index (χ1) is 36.6. The molecular formula is C64H106N2O8S4Si2. The summed E-state index contributed by atoms with van der Waals surface area (Å²) in [5.41, 5.74) is 6.10. The highest BCUT2D eigenvalue weighted by atomic mass is 32.2. The van der Waals surface area contributed by atoms with Crippen LogP contribution >= 0.6 is 46.2 Å². The summed E-state index contributed by atoms with van der Waals surface area (Å²) in [5, 5.41) is 27.8. The average Bonchev–Trinajstić information content (AvgIpc) is 3.94. The summed E-state index contributed by atoms with van der Waals surface area (Å²) in [6.45, 7) is 52.0. The van der Waals surface area contributed by atoms with Gasteiger partial charge in [0.2, 0.25) is 0 Å². The molecule has 10 nitrogen and oxygen atoms in total. The van der Waals surface area contributed by atoms with E-state index in [2.05, 4.69) is 167 Å². The first-order valence-corrected chi connectivity index (χ1v) is 38.3. The number of thiazole rings is 2. The molecule has 4 heterocycles. The molecule has 0 aliphatic carbocycles. The van der Waals surface area contributed by atoms with Crippen molar-refractivity contribution in [1.82, 2.24) is 9.97 Å². The number of aromatic nitrogens is 2. The van der Waals surface area contributed by atoms with Gasteiger partial charge < -0.3 is 28.5 Å². The van der Waals surface area contributed by atoms with E-state index < -0.39 is 45.7 Å². The summed E-state index contributed by atoms with van der Waals surface area (Å²) < 4.78 is 25.6. The summed E-state index contributed by atoms with van der Waals surface area (Å²) in [4.78, 5) is 35.9. The molecule has 0 spiro atoms. The zero-order valence-corrected chi connectivity index (χ0v) is 58.9. The van der Waals surface area contributed by atoms with Crippen molar-refractivity contribution in [2.75, 3.05) is 0 Å². The van der Waals surface area contributed by atoms with Crippen LogP contribution in [0.1, 0.15) is 185 Å². The molecule has 0 amide bonds. The normalized spacial score (nSPS) is 30.3. The van der Waals surface area contributed by atoms with Crippen LogP contribution < -0.4 is 0 Å². The Balaban J connectivity index is 0.000000446. The van der Waals surface area contributed by atoms with Crippen LogP contribution in [0.5, 0.6) is 0 Å². The van der Waals surface area contributed by atoms with Crippen molar-refractivity contribution in [2.45, 2.75) is 270 Å². The number of hydrogen-bond acceptors (Lipinski definition) is 14. The summed E-state index contributed by atoms with van der Waals surface area (Å²) in [7, 11) is -4.29. The zero-order valence-electron chi connectivity index (χ0n) is 53.7. The highest BCUT2D eigenvalue weighted by Crippen LogP contribution is 2.46. The Hall–Kier alpha value is -2.39. The largest absolute Gasteiger partial charge is 0.457 e. The van der Waals surface area contributed by atoms with Crippen molar-refractivity contribution in [3.63, 3.8) is 0 Å². The van der Waals surface area contributed by atoms with Crippen LogP contribution in [0.25, 0.3) is 12.2 Å². The minimum absolute atomic E-state index is 0.00164. The molecule has 0 bridgehead atoms. The molecule has 0 saturated carbocycles. The number of thioether (sulfide) groups is 2. The van der Waals surface area contributed by atoms with Gasteiger partial charge in [-0.1, -0.05) is 117 Å². The van der Waals surface area contributed by atoms with E-state index in [0.717, 1.165) is 45.4 Å². The molecule has 2 aromatic heterocycles. The lowest BCUT2D eigenvalue weighted by Crippen LogP contribution is -2.52. The predicted molar refractivity (Wildman–Crippen MR) is 351 cm³/mol. The molecule has 2 N–H and O–H groups in total. The van der Waals surface area contributed by atoms with Crippen molar-refractivity contribution in [3.8, 4) is 0 Å². The molecule has 2 aliphatic heterocycles. The quantitative estimate of drug-likeness (QED) is 0.148. The second kappa shape index (κ2) is 30.6. The van der Waals surface area contributed by atoms with Crippen molar-refractivity contribution in [1.29, 1.82) is 0 Å². The number of hydrogen-bond donors (Lipinski definition) is 2. The molecule has 10 atom stereocenters. The highest BCUT2D eigenvalue weighted by Gasteiger charge is 2.47. The van der Waals surface area contributed by atoms with Crippen molar-refractivity contribution < 1.29 is 38.1 Å². The maximum Gasteiger partial charge on any atom is 0.309 e. The van der Waals surface area contributed by atoms with Gasteiger partial charge in [-0.05, 0) is 142 Å². The minimum atomic E-state index is -2.23. The smallest absolute Gasteiger partial charge is 0.309 e. The van der Waals surface area contributed by atoms with Crippen LogP contribution in [0.15, 0.2) is 69.5 Å². The third-order valence-electron chi connectivity index (χ3n) is 16.5. The number of allylic oxidation sites excluding steroid dienone is 4. The average molecular weight is 1220 g/mol. The van der Waals surface area contributed by atoms with Gasteiger partial charge in [0.05, 0.1) is 58.7 Å². The van der Waals surface area contributed by atoms with Crippen molar-refractivity contribution >= 4 is 86.9 Å². The minimum Gasteiger partial charge on any atom is -0.457 e. The maximum absolute atomic E-state index is 14.0. The molecule has 80 heavy (non-hydrogen) atoms. The fraction of sp³-hybridized carbons (Fsp3) is 0.688. The van der Waals surface area contributed by atoms with E-state index in [1.807, 2.05) is 78.6 Å². The Morgan fingerprint density at radius 1 is 0.650 bits per heavy atom. The standard InChI is InChI=1S/C38H67NO4S2Si2.C26H39NO4S2/c1-26-19-18-20-27(2)35(43-47(16,17)37(9,10)11)29(4)45-38(12,13)33(42-46(14,15)36(6,7)8)24-34(40)41-32(22-21-26)28(3)23-31-25-44-30(5)39-31;1-16-9-8-10-17(2)25(30)19(4)33-26(6,7)23(28)14-24(29)31-22(12-11-16)18(3)13-21-15-32-20(5)27-21/h18,20-21,23,25,27,29,32-33,35H,19,22,24H2,1-17H3;8,10-11,13,15,17,19,22-23,25,28,30H,9,12,14H2,1-7H3/b20-18-,26-21-,28-23+;10-8-,16-11-,18-13+/t27-,29+,32-,33+,35-;17-,19+,22-,23+,25-/m00/s1. The Labute approximate surface area is 504 Å². The number of rotatable bonds is 8. The fourth-order valence-corrected chi connectivity index (χ4v) is 16.4. The van der Waals surface area contributed by atoms with E-state index >= 15 is 0 Å². The van der Waals surface area contributed by atoms with Gasteiger partial charge in [0, 0.05) is 55.4 Å². The van der Waals surface area contributed by atoms with E-state index in [0.29, 0.717) is 12.8 Å². The first kappa shape index (κ1) is 71.9. The van der Waals surface area contributed by atoms with Gasteiger partial charge in [-0.25, -0.2) is 9.97 Å². The Morgan fingerprint density at radius 2 is 1.06 bits per heavy atom. The fourth-order valence-electron chi connectivity index (χ4n) is 8.90. The zero-order chi connectivity index (χ0) is 60.9. The molecule has 452 valence electrons. The van der Waals surface area contributed by atoms with E-state index in [-0.39, 0.29) is 74.3 Å². The van der Waals surface area contributed by atoms with E-state index in [1.54, 1.807) is 22.7 Å². The summed E-state index contributed by atoms with van der Waals surface area (Å²) in [6, 6.07) is 0. The molecule has 2 aliphatic rings. The van der Waals surface area contributed by atoms with Gasteiger partial charge in [-0.15, -0.1) is 46.2 Å². The van der Waals surface area contributed by atoms with Crippen LogP contribution in [0.2, 0.25) is 36.3 Å². The number of aryl methyl sites for hydroxylation is 2. The Morgan fingerprint density at radius 3 is 1.49 bits per heavy atom. The van der Waals surface area contributed by atoms with Gasteiger partial charge in [-0.2, -0.15) is 0 Å². The van der Waals surface area contributed by atoms with E-state index in [1.165, 1.54) is 22.9 Å². The molecule has 2 aromatic rings. The first-order valence-electron chi connectivity index (χ1n) is 29.0. The molecule has 0 unspecified atom stereocenters. The van der Waals surface area contributed by atoms with Gasteiger partial charge in [0.1, 0.15) is 12.2 Å². The monoisotopic (exact) mass is 1210 g/mol. The second-order valence-electron chi connectivity index (χ2n) is 26.8. The number of esters is 2. The van der Waals surface area contributed by atoms with Gasteiger partial charge in [0.25, 0.3) is 0 Å². The Kier molecular flexibility index (Phi) is 27.5. The van der Waals surface area contributed by atoms with Crippen LogP contribution in [0, 0.1) is 25.7 Å². The summed E-state index contributed by atoms with van der Waals surface area (Å²) in [6.07, 6.45) is 17.5. The van der Waals surface area contributed by atoms with Crippen LogP contribution in [0.3, 0.4) is 0 Å². The molecule has 0 aromatic carbocycles. The summed E-state index contributed by atoms with van der Waals surface area (Å²) >= 11 is 6.61. The summed E-state index contributed by atoms with van der Waals surface area (Å²) in [5.74, 6) is -0.427. The number of cyclic esters (lactones) is 2. The number of carbonyl (C=O) groups excluding carboxylic acids is 2. The number of carbonyl (C=O) groups is 2. The number of aliphatic hydroxyl groups is 2. The topological polar surface area (TPSA) is 137 Å². The molecule has 16 heteroatoms. The third kappa shape index (κ3) is 22.9. The van der Waals surface area contributed by atoms with Gasteiger partial charge in [0.15, 0.2) is 16.6 Å². The lowest BCUT2D eigenvalue weighted by Gasteiger charge is -2.46. The van der Waals surface area contributed by atoms with Crippen molar-refractivity contribution in [3.05, 3.63) is 90.9 Å². The van der Waals surface area contributed by atoms with E-state index in [4.69, 9.17) is 18.3 Å².